The lowest BCUT2D eigenvalue weighted by Crippen LogP contribution is -2.31. The fourth-order valence-corrected chi connectivity index (χ4v) is 5.73. The van der Waals surface area contributed by atoms with Gasteiger partial charge in [0.05, 0.1) is 15.7 Å². The van der Waals surface area contributed by atoms with Gasteiger partial charge in [-0.3, -0.25) is 0 Å². The topological polar surface area (TPSA) is 71.4 Å². The highest BCUT2D eigenvalue weighted by Crippen LogP contribution is 2.37. The molecule has 1 fully saturated rings. The van der Waals surface area contributed by atoms with Gasteiger partial charge in [0, 0.05) is 4.47 Å². The van der Waals surface area contributed by atoms with Crippen LogP contribution in [0.2, 0.25) is 0 Å². The minimum Gasteiger partial charge on any atom is -0.478 e. The number of hydrogen-bond acceptors (Lipinski definition) is 3. The predicted molar refractivity (Wildman–Crippen MR) is 84.3 cm³/mol. The van der Waals surface area contributed by atoms with Crippen LogP contribution in [0.3, 0.4) is 0 Å². The van der Waals surface area contributed by atoms with E-state index in [0.29, 0.717) is 29.2 Å². The summed E-state index contributed by atoms with van der Waals surface area (Å²) in [4.78, 5) is 11.1. The van der Waals surface area contributed by atoms with Crippen LogP contribution in [0.1, 0.15) is 43.5 Å². The Hall–Kier alpha value is -0.880. The van der Waals surface area contributed by atoms with E-state index in [0.717, 1.165) is 6.42 Å². The van der Waals surface area contributed by atoms with Crippen molar-refractivity contribution in [2.75, 3.05) is 0 Å². The monoisotopic (exact) mass is 374 g/mol. The molecule has 1 N–H and O–H groups in total. The maximum absolute atomic E-state index is 12.8. The summed E-state index contributed by atoms with van der Waals surface area (Å²) in [5, 5.41) is 8.62. The third-order valence-electron chi connectivity index (χ3n) is 4.47. The van der Waals surface area contributed by atoms with Gasteiger partial charge in [-0.1, -0.05) is 13.8 Å². The first-order valence-corrected chi connectivity index (χ1v) is 9.34. The molecule has 0 radical (unpaired) electrons. The molecule has 2 rings (SSSR count). The second-order valence-electron chi connectivity index (χ2n) is 5.88. The minimum atomic E-state index is -3.52. The van der Waals surface area contributed by atoms with Gasteiger partial charge >= 0.3 is 5.97 Å². The van der Waals surface area contributed by atoms with Crippen molar-refractivity contribution < 1.29 is 18.3 Å². The van der Waals surface area contributed by atoms with E-state index >= 15 is 0 Å². The smallest absolute Gasteiger partial charge is 0.335 e. The Morgan fingerprint density at radius 2 is 1.90 bits per heavy atom. The highest BCUT2D eigenvalue weighted by atomic mass is 79.9. The molecular formula is C15H19BrO4S. The summed E-state index contributed by atoms with van der Waals surface area (Å²) < 4.78 is 26.1. The fourth-order valence-electron chi connectivity index (χ4n) is 2.81. The van der Waals surface area contributed by atoms with Crippen LogP contribution in [0, 0.1) is 11.8 Å². The first-order valence-electron chi connectivity index (χ1n) is 7.00. The van der Waals surface area contributed by atoms with E-state index in [1.54, 1.807) is 0 Å². The van der Waals surface area contributed by atoms with Gasteiger partial charge in [0.1, 0.15) is 0 Å². The quantitative estimate of drug-likeness (QED) is 0.874. The number of sulfone groups is 1. The Morgan fingerprint density at radius 3 is 2.48 bits per heavy atom. The van der Waals surface area contributed by atoms with Crippen LogP contribution < -0.4 is 0 Å². The van der Waals surface area contributed by atoms with E-state index in [1.165, 1.54) is 18.2 Å². The fraction of sp³-hybridized carbons (Fsp3) is 0.533. The molecule has 21 heavy (non-hydrogen) atoms. The number of halogens is 1. The number of carboxylic acid groups (broad SMARTS) is 1. The van der Waals surface area contributed by atoms with E-state index < -0.39 is 21.1 Å². The zero-order valence-electron chi connectivity index (χ0n) is 12.0. The summed E-state index contributed by atoms with van der Waals surface area (Å²) in [6.45, 7) is 4.23. The highest BCUT2D eigenvalue weighted by molar-refractivity contribution is 9.10. The van der Waals surface area contributed by atoms with Crippen molar-refractivity contribution in [2.24, 2.45) is 11.8 Å². The second kappa shape index (κ2) is 6.08. The molecule has 0 aliphatic heterocycles. The summed E-state index contributed by atoms with van der Waals surface area (Å²) in [6.07, 6.45) is 2.16. The molecule has 0 heterocycles. The summed E-state index contributed by atoms with van der Waals surface area (Å²) in [5.74, 6) is -0.227. The summed E-state index contributed by atoms with van der Waals surface area (Å²) in [7, 11) is -3.52. The van der Waals surface area contributed by atoms with Crippen molar-refractivity contribution in [3.63, 3.8) is 0 Å². The molecule has 0 bridgehead atoms. The first-order chi connectivity index (χ1) is 9.73. The third-order valence-corrected chi connectivity index (χ3v) is 7.68. The van der Waals surface area contributed by atoms with Gasteiger partial charge in [-0.05, 0) is 65.2 Å². The highest BCUT2D eigenvalue weighted by Gasteiger charge is 2.35. The summed E-state index contributed by atoms with van der Waals surface area (Å²) >= 11 is 3.24. The molecule has 3 atom stereocenters. The van der Waals surface area contributed by atoms with Crippen LogP contribution in [0.4, 0.5) is 0 Å². The average Bonchev–Trinajstić information content (AvgIpc) is 2.41. The van der Waals surface area contributed by atoms with Gasteiger partial charge in [-0.2, -0.15) is 0 Å². The largest absolute Gasteiger partial charge is 0.478 e. The van der Waals surface area contributed by atoms with Crippen molar-refractivity contribution in [1.82, 2.24) is 0 Å². The van der Waals surface area contributed by atoms with Crippen LogP contribution in [0.15, 0.2) is 27.6 Å². The third kappa shape index (κ3) is 3.31. The zero-order valence-corrected chi connectivity index (χ0v) is 14.4. The second-order valence-corrected chi connectivity index (χ2v) is 8.94. The molecule has 0 amide bonds. The Bertz CT molecular complexity index is 654. The number of aromatic carboxylic acids is 1. The van der Waals surface area contributed by atoms with E-state index in [-0.39, 0.29) is 10.5 Å². The van der Waals surface area contributed by atoms with Gasteiger partial charge in [0.2, 0.25) is 0 Å². The van der Waals surface area contributed by atoms with Crippen molar-refractivity contribution in [3.8, 4) is 0 Å². The number of rotatable bonds is 3. The molecule has 3 unspecified atom stereocenters. The predicted octanol–water partition coefficient (Wildman–Crippen LogP) is 3.75. The summed E-state index contributed by atoms with van der Waals surface area (Å²) in [5.41, 5.74) is -0.00555. The SMILES string of the molecule is CC1CCC(S(=O)(=O)c2cc(C(=O)O)ccc2Br)CC1C. The molecule has 1 aromatic rings. The molecule has 0 aromatic heterocycles. The Balaban J connectivity index is 2.40. The van der Waals surface area contributed by atoms with Crippen LogP contribution in [0.5, 0.6) is 0 Å². The molecule has 116 valence electrons. The molecule has 6 heteroatoms. The normalized spacial score (nSPS) is 26.5. The van der Waals surface area contributed by atoms with Gasteiger partial charge in [0.15, 0.2) is 9.84 Å². The molecule has 4 nitrogen and oxygen atoms in total. The molecule has 1 aromatic carbocycles. The zero-order chi connectivity index (χ0) is 15.8. The average molecular weight is 375 g/mol. The Labute approximate surface area is 133 Å². The van der Waals surface area contributed by atoms with E-state index in [4.69, 9.17) is 5.11 Å². The maximum atomic E-state index is 12.8. The number of carboxylic acids is 1. The van der Waals surface area contributed by atoms with Crippen molar-refractivity contribution in [3.05, 3.63) is 28.2 Å². The Kier molecular flexibility index (Phi) is 4.78. The number of benzene rings is 1. The van der Waals surface area contributed by atoms with Crippen LogP contribution in [-0.2, 0) is 9.84 Å². The van der Waals surface area contributed by atoms with Crippen LogP contribution >= 0.6 is 15.9 Å². The molecule has 1 aliphatic carbocycles. The minimum absolute atomic E-state index is 0.00555. The van der Waals surface area contributed by atoms with E-state index in [1.807, 2.05) is 0 Å². The lowest BCUT2D eigenvalue weighted by molar-refractivity contribution is 0.0696. The molecule has 1 aliphatic rings. The number of carbonyl (C=O) groups is 1. The number of hydrogen-bond donors (Lipinski definition) is 1. The van der Waals surface area contributed by atoms with Gasteiger partial charge in [-0.15, -0.1) is 0 Å². The van der Waals surface area contributed by atoms with Crippen molar-refractivity contribution >= 4 is 31.7 Å². The van der Waals surface area contributed by atoms with Crippen molar-refractivity contribution in [2.45, 2.75) is 43.3 Å². The molecule has 0 spiro atoms. The van der Waals surface area contributed by atoms with Gasteiger partial charge < -0.3 is 5.11 Å². The Morgan fingerprint density at radius 1 is 1.24 bits per heavy atom. The first kappa shape index (κ1) is 16.5. The molecular weight excluding hydrogens is 356 g/mol. The lowest BCUT2D eigenvalue weighted by atomic mass is 9.81. The summed E-state index contributed by atoms with van der Waals surface area (Å²) in [6, 6.07) is 4.15. The van der Waals surface area contributed by atoms with Gasteiger partial charge in [0.25, 0.3) is 0 Å². The van der Waals surface area contributed by atoms with Crippen LogP contribution in [-0.4, -0.2) is 24.7 Å². The molecule has 1 saturated carbocycles. The molecule has 0 saturated heterocycles. The van der Waals surface area contributed by atoms with E-state index in [9.17, 15) is 13.2 Å². The maximum Gasteiger partial charge on any atom is 0.335 e. The lowest BCUT2D eigenvalue weighted by Gasteiger charge is -2.31. The van der Waals surface area contributed by atoms with Gasteiger partial charge in [-0.25, -0.2) is 13.2 Å². The van der Waals surface area contributed by atoms with Crippen LogP contribution in [0.25, 0.3) is 0 Å². The standard InChI is InChI=1S/C15H19BrO4S/c1-9-3-5-12(7-10(9)2)21(19,20)14-8-11(15(17)18)4-6-13(14)16/h4,6,8-10,12H,3,5,7H2,1-2H3,(H,17,18). The van der Waals surface area contributed by atoms with E-state index in [2.05, 4.69) is 29.8 Å². The van der Waals surface area contributed by atoms with Crippen molar-refractivity contribution in [1.29, 1.82) is 0 Å².